The summed E-state index contributed by atoms with van der Waals surface area (Å²) < 4.78 is 0. The van der Waals surface area contributed by atoms with Gasteiger partial charge in [0.15, 0.2) is 0 Å². The van der Waals surface area contributed by atoms with Gasteiger partial charge in [-0.2, -0.15) is 11.8 Å². The molecule has 68 valence electrons. The van der Waals surface area contributed by atoms with Crippen molar-refractivity contribution in [3.8, 4) is 0 Å². The van der Waals surface area contributed by atoms with Gasteiger partial charge in [0.05, 0.1) is 0 Å². The Morgan fingerprint density at radius 2 is 1.91 bits per heavy atom. The van der Waals surface area contributed by atoms with Crippen molar-refractivity contribution in [3.05, 3.63) is 0 Å². The molecule has 0 heterocycles. The van der Waals surface area contributed by atoms with E-state index in [0.29, 0.717) is 6.04 Å². The maximum Gasteiger partial charge on any atom is 0.0101 e. The van der Waals surface area contributed by atoms with Gasteiger partial charge in [-0.3, -0.25) is 0 Å². The number of nitrogens with two attached hydrogens (primary N) is 1. The van der Waals surface area contributed by atoms with Crippen LogP contribution in [0.5, 0.6) is 0 Å². The van der Waals surface area contributed by atoms with Gasteiger partial charge in [0.2, 0.25) is 0 Å². The third-order valence-corrected chi connectivity index (χ3v) is 2.79. The van der Waals surface area contributed by atoms with Crippen molar-refractivity contribution in [2.45, 2.75) is 39.7 Å². The van der Waals surface area contributed by atoms with Crippen LogP contribution in [-0.2, 0) is 0 Å². The summed E-state index contributed by atoms with van der Waals surface area (Å²) in [6, 6.07) is 0.360. The van der Waals surface area contributed by atoms with Crippen molar-refractivity contribution in [2.75, 3.05) is 11.5 Å². The maximum absolute atomic E-state index is 5.61. The summed E-state index contributed by atoms with van der Waals surface area (Å²) in [5.41, 5.74) is 5.61. The fourth-order valence-corrected chi connectivity index (χ4v) is 1.77. The van der Waals surface area contributed by atoms with E-state index in [9.17, 15) is 0 Å². The molecule has 0 aliphatic rings. The van der Waals surface area contributed by atoms with Crippen molar-refractivity contribution in [1.29, 1.82) is 0 Å². The van der Waals surface area contributed by atoms with Crippen LogP contribution < -0.4 is 5.73 Å². The van der Waals surface area contributed by atoms with Gasteiger partial charge in [0.25, 0.3) is 0 Å². The van der Waals surface area contributed by atoms with Crippen LogP contribution in [0.15, 0.2) is 0 Å². The highest BCUT2D eigenvalue weighted by atomic mass is 32.2. The molecule has 0 aromatic heterocycles. The second-order valence-electron chi connectivity index (χ2n) is 3.59. The predicted octanol–water partition coefficient (Wildman–Crippen LogP) is 2.50. The molecule has 1 atom stereocenters. The smallest absolute Gasteiger partial charge is 0.0101 e. The predicted molar refractivity (Wildman–Crippen MR) is 55.0 cm³/mol. The number of rotatable bonds is 6. The Kier molecular flexibility index (Phi) is 7.18. The van der Waals surface area contributed by atoms with E-state index in [1.165, 1.54) is 18.6 Å². The molecule has 1 nitrogen and oxygen atoms in total. The molecule has 2 heteroatoms. The molecule has 2 N–H and O–H groups in total. The van der Waals surface area contributed by atoms with E-state index in [2.05, 4.69) is 20.8 Å². The van der Waals surface area contributed by atoms with Gasteiger partial charge in [0.1, 0.15) is 0 Å². The number of hydrogen-bond donors (Lipinski definition) is 1. The molecule has 1 unspecified atom stereocenters. The molecule has 0 saturated heterocycles. The molecule has 0 rings (SSSR count). The van der Waals surface area contributed by atoms with Crippen LogP contribution in [0, 0.1) is 5.92 Å². The summed E-state index contributed by atoms with van der Waals surface area (Å²) >= 11 is 1.98. The van der Waals surface area contributed by atoms with E-state index >= 15 is 0 Å². The van der Waals surface area contributed by atoms with Crippen molar-refractivity contribution in [1.82, 2.24) is 0 Å². The number of thioether (sulfide) groups is 1. The van der Waals surface area contributed by atoms with Crippen LogP contribution in [0.2, 0.25) is 0 Å². The molecule has 0 aromatic rings. The molecule has 0 aromatic carbocycles. The first-order chi connectivity index (χ1) is 5.13. The Morgan fingerprint density at radius 1 is 1.27 bits per heavy atom. The lowest BCUT2D eigenvalue weighted by Gasteiger charge is -2.05. The fraction of sp³-hybridized carbons (Fsp3) is 1.00. The molecular formula is C9H21NS. The van der Waals surface area contributed by atoms with Crippen molar-refractivity contribution in [3.63, 3.8) is 0 Å². The lowest BCUT2D eigenvalue weighted by molar-refractivity contribution is 0.579. The molecule has 0 amide bonds. The first kappa shape index (κ1) is 11.3. The standard InChI is InChI=1S/C9H21NS/c1-8(2)5-4-6-11-7-9(3)10/h8-9H,4-7,10H2,1-3H3. The lowest BCUT2D eigenvalue weighted by Crippen LogP contribution is -2.17. The highest BCUT2D eigenvalue weighted by molar-refractivity contribution is 7.99. The third-order valence-electron chi connectivity index (χ3n) is 1.45. The number of hydrogen-bond acceptors (Lipinski definition) is 2. The molecule has 0 radical (unpaired) electrons. The molecule has 11 heavy (non-hydrogen) atoms. The van der Waals surface area contributed by atoms with Gasteiger partial charge in [-0.25, -0.2) is 0 Å². The van der Waals surface area contributed by atoms with Crippen molar-refractivity contribution in [2.24, 2.45) is 11.7 Å². The van der Waals surface area contributed by atoms with Crippen LogP contribution >= 0.6 is 11.8 Å². The van der Waals surface area contributed by atoms with E-state index < -0.39 is 0 Å². The fourth-order valence-electron chi connectivity index (χ4n) is 0.863. The lowest BCUT2D eigenvalue weighted by atomic mass is 10.1. The summed E-state index contributed by atoms with van der Waals surface area (Å²) in [5.74, 6) is 3.24. The third kappa shape index (κ3) is 10.3. The van der Waals surface area contributed by atoms with Crippen molar-refractivity contribution >= 4 is 11.8 Å². The van der Waals surface area contributed by atoms with Gasteiger partial charge in [-0.15, -0.1) is 0 Å². The minimum Gasteiger partial charge on any atom is -0.327 e. The second-order valence-corrected chi connectivity index (χ2v) is 4.74. The summed E-state index contributed by atoms with van der Waals surface area (Å²) in [6.45, 7) is 6.61. The zero-order valence-corrected chi connectivity index (χ0v) is 8.79. The van der Waals surface area contributed by atoms with Crippen molar-refractivity contribution < 1.29 is 0 Å². The van der Waals surface area contributed by atoms with Gasteiger partial charge < -0.3 is 5.73 Å². The maximum atomic E-state index is 5.61. The summed E-state index contributed by atoms with van der Waals surface area (Å²) in [7, 11) is 0. The summed E-state index contributed by atoms with van der Waals surface area (Å²) in [4.78, 5) is 0. The zero-order chi connectivity index (χ0) is 8.69. The quantitative estimate of drug-likeness (QED) is 0.628. The Balaban J connectivity index is 2.91. The second kappa shape index (κ2) is 6.99. The molecule has 0 bridgehead atoms. The van der Waals surface area contributed by atoms with Crippen LogP contribution in [-0.4, -0.2) is 17.5 Å². The van der Waals surface area contributed by atoms with E-state index in [-0.39, 0.29) is 0 Å². The van der Waals surface area contributed by atoms with Gasteiger partial charge in [0, 0.05) is 11.8 Å². The molecule has 0 fully saturated rings. The molecular weight excluding hydrogens is 154 g/mol. The minimum atomic E-state index is 0.360. The SMILES string of the molecule is CC(C)CCCSCC(C)N. The minimum absolute atomic E-state index is 0.360. The Labute approximate surface area is 75.1 Å². The first-order valence-corrected chi connectivity index (χ1v) is 5.61. The largest absolute Gasteiger partial charge is 0.327 e. The average molecular weight is 175 g/mol. The highest BCUT2D eigenvalue weighted by Crippen LogP contribution is 2.09. The Morgan fingerprint density at radius 3 is 2.36 bits per heavy atom. The normalized spacial score (nSPS) is 13.9. The van der Waals surface area contributed by atoms with E-state index in [1.54, 1.807) is 0 Å². The molecule has 0 aliphatic carbocycles. The Hall–Kier alpha value is 0.310. The summed E-state index contributed by atoms with van der Waals surface area (Å²) in [5, 5.41) is 0. The van der Waals surface area contributed by atoms with Crippen LogP contribution in [0.1, 0.15) is 33.6 Å². The molecule has 0 saturated carbocycles. The first-order valence-electron chi connectivity index (χ1n) is 4.46. The Bertz CT molecular complexity index is 71.6. The van der Waals surface area contributed by atoms with Gasteiger partial charge in [-0.1, -0.05) is 20.3 Å². The topological polar surface area (TPSA) is 26.0 Å². The average Bonchev–Trinajstić information content (AvgIpc) is 1.85. The zero-order valence-electron chi connectivity index (χ0n) is 7.97. The molecule has 0 spiro atoms. The van der Waals surface area contributed by atoms with Crippen LogP contribution in [0.3, 0.4) is 0 Å². The monoisotopic (exact) mass is 175 g/mol. The summed E-state index contributed by atoms with van der Waals surface area (Å²) in [6.07, 6.45) is 2.70. The highest BCUT2D eigenvalue weighted by Gasteiger charge is 1.96. The van der Waals surface area contributed by atoms with E-state index in [1.807, 2.05) is 11.8 Å². The van der Waals surface area contributed by atoms with Crippen LogP contribution in [0.25, 0.3) is 0 Å². The van der Waals surface area contributed by atoms with Gasteiger partial charge >= 0.3 is 0 Å². The van der Waals surface area contributed by atoms with E-state index in [0.717, 1.165) is 11.7 Å². The molecule has 0 aliphatic heterocycles. The van der Waals surface area contributed by atoms with Crippen LogP contribution in [0.4, 0.5) is 0 Å². The van der Waals surface area contributed by atoms with E-state index in [4.69, 9.17) is 5.73 Å². The van der Waals surface area contributed by atoms with Gasteiger partial charge in [-0.05, 0) is 25.0 Å².